The zero-order valence-electron chi connectivity index (χ0n) is 15.4. The Morgan fingerprint density at radius 3 is 2.29 bits per heavy atom. The Kier molecular flexibility index (Phi) is 5.61. The van der Waals surface area contributed by atoms with Crippen LogP contribution in [0.15, 0.2) is 48.5 Å². The molecule has 0 saturated heterocycles. The summed E-state index contributed by atoms with van der Waals surface area (Å²) in [6, 6.07) is 14.5. The molecule has 4 rings (SSSR count). The van der Waals surface area contributed by atoms with Crippen molar-refractivity contribution in [2.75, 3.05) is 0 Å². The predicted octanol–water partition coefficient (Wildman–Crippen LogP) is 5.53. The lowest BCUT2D eigenvalue weighted by atomic mass is 9.94. The maximum atomic E-state index is 13.1. The van der Waals surface area contributed by atoms with Crippen molar-refractivity contribution in [1.82, 2.24) is 10.2 Å². The van der Waals surface area contributed by atoms with Crippen molar-refractivity contribution < 1.29 is 9.59 Å². The predicted molar refractivity (Wildman–Crippen MR) is 111 cm³/mol. The number of nitrogens with one attached hydrogen (secondary N) is 1. The standard InChI is InChI=1S/C22H22Cl2N2O2/c23-17-7-4-8-18(24)20(17)21(27)25-22(28)26(13-14-5-2-1-3-6-14)19-12-15-9-10-16(19)11-15/h1-8,15-16,19H,9-13H2,(H,25,27,28)/t15-,16-,19+/m0/s1. The van der Waals surface area contributed by atoms with Crippen molar-refractivity contribution in [3.8, 4) is 0 Å². The Bertz CT molecular complexity index is 867. The van der Waals surface area contributed by atoms with Gasteiger partial charge in [-0.15, -0.1) is 0 Å². The van der Waals surface area contributed by atoms with Crippen molar-refractivity contribution in [2.45, 2.75) is 38.3 Å². The highest BCUT2D eigenvalue weighted by Gasteiger charge is 2.44. The number of nitrogens with zero attached hydrogens (tertiary/aromatic N) is 1. The molecule has 4 nitrogen and oxygen atoms in total. The number of halogens is 2. The zero-order valence-corrected chi connectivity index (χ0v) is 16.9. The second-order valence-corrected chi connectivity index (χ2v) is 8.53. The number of carbonyl (C=O) groups excluding carboxylic acids is 2. The number of rotatable bonds is 4. The molecule has 0 spiro atoms. The molecular weight excluding hydrogens is 395 g/mol. The molecule has 0 radical (unpaired) electrons. The summed E-state index contributed by atoms with van der Waals surface area (Å²) in [6.45, 7) is 0.476. The summed E-state index contributed by atoms with van der Waals surface area (Å²) in [5.41, 5.74) is 1.18. The monoisotopic (exact) mass is 416 g/mol. The highest BCUT2D eigenvalue weighted by atomic mass is 35.5. The van der Waals surface area contributed by atoms with Gasteiger partial charge in [0.25, 0.3) is 5.91 Å². The van der Waals surface area contributed by atoms with Crippen LogP contribution in [-0.4, -0.2) is 22.9 Å². The summed E-state index contributed by atoms with van der Waals surface area (Å²) in [4.78, 5) is 27.6. The fourth-order valence-corrected chi connectivity index (χ4v) is 5.23. The van der Waals surface area contributed by atoms with Crippen LogP contribution in [-0.2, 0) is 6.54 Å². The first kappa shape index (κ1) is 19.3. The van der Waals surface area contributed by atoms with Crippen LogP contribution >= 0.6 is 23.2 Å². The van der Waals surface area contributed by atoms with Gasteiger partial charge in [-0.2, -0.15) is 0 Å². The average Bonchev–Trinajstić information content (AvgIpc) is 3.30. The van der Waals surface area contributed by atoms with Crippen LogP contribution in [0.4, 0.5) is 4.79 Å². The molecule has 0 unspecified atom stereocenters. The van der Waals surface area contributed by atoms with Gasteiger partial charge in [-0.1, -0.05) is 66.0 Å². The SMILES string of the molecule is O=C(NC(=O)N(Cc1ccccc1)[C@@H]1C[C@H]2CC[C@H]1C2)c1c(Cl)cccc1Cl. The number of carbonyl (C=O) groups is 2. The Hall–Kier alpha value is -2.04. The molecule has 3 amide bonds. The summed E-state index contributed by atoms with van der Waals surface area (Å²) in [7, 11) is 0. The van der Waals surface area contributed by atoms with Crippen LogP contribution in [0.3, 0.4) is 0 Å². The second kappa shape index (κ2) is 8.14. The summed E-state index contributed by atoms with van der Waals surface area (Å²) in [5.74, 6) is 0.634. The van der Waals surface area contributed by atoms with Crippen molar-refractivity contribution in [1.29, 1.82) is 0 Å². The molecule has 2 saturated carbocycles. The smallest absolute Gasteiger partial charge is 0.317 e. The molecule has 146 valence electrons. The van der Waals surface area contributed by atoms with E-state index >= 15 is 0 Å². The van der Waals surface area contributed by atoms with Gasteiger partial charge < -0.3 is 4.90 Å². The van der Waals surface area contributed by atoms with E-state index in [0.717, 1.165) is 18.4 Å². The Morgan fingerprint density at radius 1 is 0.964 bits per heavy atom. The van der Waals surface area contributed by atoms with Crippen LogP contribution in [0.5, 0.6) is 0 Å². The lowest BCUT2D eigenvalue weighted by molar-refractivity contribution is 0.0929. The van der Waals surface area contributed by atoms with E-state index in [-0.39, 0.29) is 27.7 Å². The van der Waals surface area contributed by atoms with Crippen molar-refractivity contribution in [2.24, 2.45) is 11.8 Å². The third kappa shape index (κ3) is 3.89. The molecule has 2 fully saturated rings. The summed E-state index contributed by atoms with van der Waals surface area (Å²) in [6.07, 6.45) is 4.58. The molecule has 2 bridgehead atoms. The lowest BCUT2D eigenvalue weighted by Gasteiger charge is -2.34. The molecule has 2 aliphatic rings. The van der Waals surface area contributed by atoms with Gasteiger partial charge in [-0.3, -0.25) is 10.1 Å². The first-order valence-electron chi connectivity index (χ1n) is 9.63. The maximum Gasteiger partial charge on any atom is 0.324 e. The molecule has 6 heteroatoms. The van der Waals surface area contributed by atoms with E-state index < -0.39 is 5.91 Å². The molecule has 28 heavy (non-hydrogen) atoms. The van der Waals surface area contributed by atoms with Crippen molar-refractivity contribution >= 4 is 35.1 Å². The van der Waals surface area contributed by atoms with E-state index in [2.05, 4.69) is 5.32 Å². The van der Waals surface area contributed by atoms with Crippen LogP contribution in [0.2, 0.25) is 10.0 Å². The van der Waals surface area contributed by atoms with Crippen molar-refractivity contribution in [3.63, 3.8) is 0 Å². The fourth-order valence-electron chi connectivity index (χ4n) is 4.66. The number of imide groups is 1. The number of fused-ring (bicyclic) bond motifs is 2. The van der Waals surface area contributed by atoms with Crippen LogP contribution in [0, 0.1) is 11.8 Å². The van der Waals surface area contributed by atoms with Gasteiger partial charge in [0.1, 0.15) is 0 Å². The third-order valence-corrected chi connectivity index (χ3v) is 6.60. The van der Waals surface area contributed by atoms with E-state index in [1.165, 1.54) is 12.8 Å². The highest BCUT2D eigenvalue weighted by molar-refractivity contribution is 6.40. The number of urea groups is 1. The molecule has 0 heterocycles. The minimum absolute atomic E-state index is 0.131. The van der Waals surface area contributed by atoms with Crippen LogP contribution in [0.1, 0.15) is 41.6 Å². The molecular formula is C22H22Cl2N2O2. The van der Waals surface area contributed by atoms with Gasteiger partial charge in [-0.25, -0.2) is 4.79 Å². The van der Waals surface area contributed by atoms with E-state index in [1.807, 2.05) is 35.2 Å². The van der Waals surface area contributed by atoms with Crippen molar-refractivity contribution in [3.05, 3.63) is 69.7 Å². The third-order valence-electron chi connectivity index (χ3n) is 5.97. The first-order chi connectivity index (χ1) is 13.5. The van der Waals surface area contributed by atoms with Gasteiger partial charge in [0.05, 0.1) is 15.6 Å². The topological polar surface area (TPSA) is 49.4 Å². The van der Waals surface area contributed by atoms with E-state index in [0.29, 0.717) is 18.4 Å². The Balaban J connectivity index is 1.55. The Labute approximate surface area is 174 Å². The van der Waals surface area contributed by atoms with E-state index in [1.54, 1.807) is 18.2 Å². The summed E-state index contributed by atoms with van der Waals surface area (Å²) in [5, 5.41) is 2.97. The maximum absolute atomic E-state index is 13.1. The molecule has 0 aromatic heterocycles. The molecule has 2 aromatic rings. The van der Waals surface area contributed by atoms with Crippen LogP contribution < -0.4 is 5.32 Å². The second-order valence-electron chi connectivity index (χ2n) is 7.71. The summed E-state index contributed by atoms with van der Waals surface area (Å²) >= 11 is 12.3. The molecule has 1 N–H and O–H groups in total. The molecule has 2 aliphatic carbocycles. The highest BCUT2D eigenvalue weighted by Crippen LogP contribution is 2.47. The average molecular weight is 417 g/mol. The molecule has 0 aliphatic heterocycles. The normalized spacial score (nSPS) is 22.9. The Morgan fingerprint density at radius 2 is 1.68 bits per heavy atom. The van der Waals surface area contributed by atoms with E-state index in [4.69, 9.17) is 23.2 Å². The zero-order chi connectivity index (χ0) is 19.7. The van der Waals surface area contributed by atoms with Gasteiger partial charge in [0, 0.05) is 12.6 Å². The summed E-state index contributed by atoms with van der Waals surface area (Å²) < 4.78 is 0. The number of hydrogen-bond acceptors (Lipinski definition) is 2. The number of benzene rings is 2. The quantitative estimate of drug-likeness (QED) is 0.711. The van der Waals surface area contributed by atoms with Gasteiger partial charge in [0.15, 0.2) is 0 Å². The largest absolute Gasteiger partial charge is 0.324 e. The minimum Gasteiger partial charge on any atom is -0.317 e. The number of amides is 3. The van der Waals surface area contributed by atoms with E-state index in [9.17, 15) is 9.59 Å². The lowest BCUT2D eigenvalue weighted by Crippen LogP contribution is -2.49. The van der Waals surface area contributed by atoms with Gasteiger partial charge in [0.2, 0.25) is 0 Å². The van der Waals surface area contributed by atoms with Gasteiger partial charge in [-0.05, 0) is 48.8 Å². The van der Waals surface area contributed by atoms with Crippen LogP contribution in [0.25, 0.3) is 0 Å². The molecule has 2 aromatic carbocycles. The molecule has 3 atom stereocenters. The minimum atomic E-state index is -0.568. The number of hydrogen-bond donors (Lipinski definition) is 1. The first-order valence-corrected chi connectivity index (χ1v) is 10.4. The fraction of sp³-hybridized carbons (Fsp3) is 0.364. The van der Waals surface area contributed by atoms with Gasteiger partial charge >= 0.3 is 6.03 Å².